The second kappa shape index (κ2) is 5.71. The van der Waals surface area contributed by atoms with Crippen LogP contribution in [0.4, 0.5) is 5.69 Å². The standard InChI is InChI=1S/C20H16BrN3O2/c1-24-15-5-3-2-4-13(15)17(21)18(24)19(25)22-12-8-9-16-14(10-12)23-20(26-16)11-6-7-11/h2-5,8-11H,6-7H2,1H3,(H,22,25). The van der Waals surface area contributed by atoms with Gasteiger partial charge >= 0.3 is 0 Å². The van der Waals surface area contributed by atoms with Gasteiger partial charge in [0.1, 0.15) is 11.2 Å². The molecule has 2 aromatic carbocycles. The Morgan fingerprint density at radius 1 is 1.27 bits per heavy atom. The number of hydrogen-bond acceptors (Lipinski definition) is 3. The number of aryl methyl sites for hydroxylation is 1. The maximum Gasteiger partial charge on any atom is 0.273 e. The van der Waals surface area contributed by atoms with E-state index in [1.165, 1.54) is 0 Å². The topological polar surface area (TPSA) is 60.1 Å². The van der Waals surface area contributed by atoms with Gasteiger partial charge in [0.25, 0.3) is 5.91 Å². The van der Waals surface area contributed by atoms with Gasteiger partial charge in [-0.15, -0.1) is 0 Å². The van der Waals surface area contributed by atoms with Gasteiger partial charge in [0.05, 0.1) is 4.47 Å². The van der Waals surface area contributed by atoms with Gasteiger partial charge in [-0.2, -0.15) is 0 Å². The molecule has 0 bridgehead atoms. The third-order valence-electron chi connectivity index (χ3n) is 4.85. The van der Waals surface area contributed by atoms with E-state index in [2.05, 4.69) is 26.2 Å². The van der Waals surface area contributed by atoms with Crippen molar-refractivity contribution in [2.75, 3.05) is 5.32 Å². The van der Waals surface area contributed by atoms with Crippen molar-refractivity contribution in [2.45, 2.75) is 18.8 Å². The minimum Gasteiger partial charge on any atom is -0.440 e. The van der Waals surface area contributed by atoms with Crippen LogP contribution in [0.15, 0.2) is 51.4 Å². The molecule has 1 N–H and O–H groups in total. The van der Waals surface area contributed by atoms with Crippen LogP contribution >= 0.6 is 15.9 Å². The summed E-state index contributed by atoms with van der Waals surface area (Å²) in [7, 11) is 1.89. The summed E-state index contributed by atoms with van der Waals surface area (Å²) in [5.74, 6) is 1.10. The molecular weight excluding hydrogens is 394 g/mol. The number of anilines is 1. The number of rotatable bonds is 3. The molecule has 1 aliphatic rings. The van der Waals surface area contributed by atoms with Crippen molar-refractivity contribution in [3.05, 3.63) is 58.5 Å². The summed E-state index contributed by atoms with van der Waals surface area (Å²) in [4.78, 5) is 17.4. The van der Waals surface area contributed by atoms with Gasteiger partial charge in [-0.25, -0.2) is 4.98 Å². The first-order valence-corrected chi connectivity index (χ1v) is 9.36. The van der Waals surface area contributed by atoms with Gasteiger partial charge in [0.2, 0.25) is 0 Å². The molecule has 0 radical (unpaired) electrons. The van der Waals surface area contributed by atoms with Crippen LogP contribution in [0.5, 0.6) is 0 Å². The summed E-state index contributed by atoms with van der Waals surface area (Å²) in [6.45, 7) is 0. The highest BCUT2D eigenvalue weighted by Gasteiger charge is 2.29. The van der Waals surface area contributed by atoms with Crippen LogP contribution < -0.4 is 5.32 Å². The van der Waals surface area contributed by atoms with E-state index in [0.717, 1.165) is 45.2 Å². The van der Waals surface area contributed by atoms with E-state index in [1.54, 1.807) is 0 Å². The second-order valence-electron chi connectivity index (χ2n) is 6.70. The largest absolute Gasteiger partial charge is 0.440 e. The molecule has 2 aromatic heterocycles. The fraction of sp³-hybridized carbons (Fsp3) is 0.200. The van der Waals surface area contributed by atoms with Crippen molar-refractivity contribution >= 4 is 49.5 Å². The zero-order valence-electron chi connectivity index (χ0n) is 14.1. The normalized spacial score (nSPS) is 14.2. The molecule has 6 heteroatoms. The van der Waals surface area contributed by atoms with E-state index in [1.807, 2.05) is 54.1 Å². The molecule has 1 aliphatic carbocycles. The first-order valence-electron chi connectivity index (χ1n) is 8.56. The smallest absolute Gasteiger partial charge is 0.273 e. The number of para-hydroxylation sites is 1. The maximum absolute atomic E-state index is 12.9. The van der Waals surface area contributed by atoms with E-state index in [0.29, 0.717) is 17.3 Å². The van der Waals surface area contributed by atoms with Crippen LogP contribution in [0.25, 0.3) is 22.0 Å². The molecule has 0 unspecified atom stereocenters. The summed E-state index contributed by atoms with van der Waals surface area (Å²) < 4.78 is 8.47. The Morgan fingerprint density at radius 2 is 2.08 bits per heavy atom. The summed E-state index contributed by atoms with van der Waals surface area (Å²) in [6.07, 6.45) is 2.29. The minimum atomic E-state index is -0.166. The predicted molar refractivity (Wildman–Crippen MR) is 105 cm³/mol. The third kappa shape index (κ3) is 2.44. The second-order valence-corrected chi connectivity index (χ2v) is 7.49. The Morgan fingerprint density at radius 3 is 2.85 bits per heavy atom. The zero-order valence-corrected chi connectivity index (χ0v) is 15.7. The van der Waals surface area contributed by atoms with Gasteiger partial charge in [0.15, 0.2) is 11.5 Å². The molecule has 0 atom stereocenters. The van der Waals surface area contributed by atoms with E-state index in [4.69, 9.17) is 4.42 Å². The van der Waals surface area contributed by atoms with E-state index < -0.39 is 0 Å². The average Bonchev–Trinajstić information content (AvgIpc) is 3.35. The summed E-state index contributed by atoms with van der Waals surface area (Å²) in [6, 6.07) is 13.5. The fourth-order valence-electron chi connectivity index (χ4n) is 3.32. The molecular formula is C20H16BrN3O2. The molecule has 26 heavy (non-hydrogen) atoms. The Bertz CT molecular complexity index is 1130. The van der Waals surface area contributed by atoms with Crippen molar-refractivity contribution in [1.82, 2.24) is 9.55 Å². The lowest BCUT2D eigenvalue weighted by molar-refractivity contribution is 0.101. The summed E-state index contributed by atoms with van der Waals surface area (Å²) in [5.41, 5.74) is 3.84. The summed E-state index contributed by atoms with van der Waals surface area (Å²) in [5, 5.41) is 3.99. The lowest BCUT2D eigenvalue weighted by atomic mass is 10.2. The van der Waals surface area contributed by atoms with Crippen LogP contribution in [0, 0.1) is 0 Å². The van der Waals surface area contributed by atoms with Gasteiger partial charge in [-0.1, -0.05) is 18.2 Å². The number of nitrogens with one attached hydrogen (secondary N) is 1. The highest BCUT2D eigenvalue weighted by atomic mass is 79.9. The Hall–Kier alpha value is -2.60. The summed E-state index contributed by atoms with van der Waals surface area (Å²) >= 11 is 3.57. The quantitative estimate of drug-likeness (QED) is 0.504. The van der Waals surface area contributed by atoms with Crippen molar-refractivity contribution in [2.24, 2.45) is 7.05 Å². The van der Waals surface area contributed by atoms with Crippen molar-refractivity contribution in [3.63, 3.8) is 0 Å². The van der Waals surface area contributed by atoms with Crippen LogP contribution in [-0.4, -0.2) is 15.5 Å². The molecule has 0 spiro atoms. The number of halogens is 1. The fourth-order valence-corrected chi connectivity index (χ4v) is 4.10. The molecule has 5 rings (SSSR count). The van der Waals surface area contributed by atoms with E-state index >= 15 is 0 Å². The molecule has 0 saturated heterocycles. The SMILES string of the molecule is Cn1c(C(=O)Nc2ccc3oc(C4CC4)nc3c2)c(Br)c2ccccc21. The van der Waals surface area contributed by atoms with Crippen molar-refractivity contribution < 1.29 is 9.21 Å². The van der Waals surface area contributed by atoms with Crippen LogP contribution in [-0.2, 0) is 7.05 Å². The third-order valence-corrected chi connectivity index (χ3v) is 5.65. The van der Waals surface area contributed by atoms with Crippen LogP contribution in [0.2, 0.25) is 0 Å². The lowest BCUT2D eigenvalue weighted by Crippen LogP contribution is -2.16. The monoisotopic (exact) mass is 409 g/mol. The number of nitrogens with zero attached hydrogens (tertiary/aromatic N) is 2. The Kier molecular flexibility index (Phi) is 3.43. The van der Waals surface area contributed by atoms with Crippen LogP contribution in [0.3, 0.4) is 0 Å². The number of amides is 1. The number of aromatic nitrogens is 2. The van der Waals surface area contributed by atoms with Gasteiger partial charge < -0.3 is 14.3 Å². The number of fused-ring (bicyclic) bond motifs is 2. The van der Waals surface area contributed by atoms with Crippen molar-refractivity contribution in [1.29, 1.82) is 0 Å². The van der Waals surface area contributed by atoms with E-state index in [-0.39, 0.29) is 5.91 Å². The number of oxazole rings is 1. The zero-order chi connectivity index (χ0) is 17.8. The highest BCUT2D eigenvalue weighted by Crippen LogP contribution is 2.40. The first kappa shape index (κ1) is 15.6. The molecule has 5 nitrogen and oxygen atoms in total. The highest BCUT2D eigenvalue weighted by molar-refractivity contribution is 9.10. The van der Waals surface area contributed by atoms with Gasteiger partial charge in [-0.05, 0) is 53.0 Å². The van der Waals surface area contributed by atoms with Gasteiger partial charge in [0, 0.05) is 29.6 Å². The Labute approximate surface area is 158 Å². The van der Waals surface area contributed by atoms with E-state index in [9.17, 15) is 4.79 Å². The predicted octanol–water partition coefficient (Wildman–Crippen LogP) is 5.21. The molecule has 0 aliphatic heterocycles. The molecule has 1 fully saturated rings. The van der Waals surface area contributed by atoms with Gasteiger partial charge in [-0.3, -0.25) is 4.79 Å². The lowest BCUT2D eigenvalue weighted by Gasteiger charge is -2.07. The molecule has 4 aromatic rings. The molecule has 2 heterocycles. The number of hydrogen-bond donors (Lipinski definition) is 1. The van der Waals surface area contributed by atoms with Crippen LogP contribution in [0.1, 0.15) is 35.1 Å². The Balaban J connectivity index is 1.49. The number of carbonyl (C=O) groups excluding carboxylic acids is 1. The average molecular weight is 410 g/mol. The molecule has 1 saturated carbocycles. The number of carbonyl (C=O) groups is 1. The van der Waals surface area contributed by atoms with Crippen molar-refractivity contribution in [3.8, 4) is 0 Å². The minimum absolute atomic E-state index is 0.166. The first-order chi connectivity index (χ1) is 12.6. The number of benzene rings is 2. The maximum atomic E-state index is 12.9. The molecule has 1 amide bonds. The molecule has 130 valence electrons.